The molecule has 0 spiro atoms. The van der Waals surface area contributed by atoms with Gasteiger partial charge >= 0.3 is 0 Å². The molecule has 2 aromatic rings. The maximum absolute atomic E-state index is 12.1. The van der Waals surface area contributed by atoms with Crippen molar-refractivity contribution < 1.29 is 19.1 Å². The maximum atomic E-state index is 12.1. The van der Waals surface area contributed by atoms with E-state index in [9.17, 15) is 9.59 Å². The monoisotopic (exact) mass is 388 g/mol. The Kier molecular flexibility index (Phi) is 8.00. The van der Waals surface area contributed by atoms with Crippen molar-refractivity contribution >= 4 is 35.0 Å². The molecule has 0 aliphatic heterocycles. The van der Waals surface area contributed by atoms with E-state index in [1.165, 1.54) is 24.4 Å². The van der Waals surface area contributed by atoms with Gasteiger partial charge in [0.05, 0.1) is 31.4 Å². The molecule has 0 atom stereocenters. The molecule has 0 saturated carbocycles. The second-order valence-corrected chi connectivity index (χ2v) is 6.69. The van der Waals surface area contributed by atoms with E-state index in [4.69, 9.17) is 9.47 Å². The van der Waals surface area contributed by atoms with Crippen LogP contribution in [0.5, 0.6) is 11.5 Å². The summed E-state index contributed by atoms with van der Waals surface area (Å²) in [6.07, 6.45) is 0.957. The fourth-order valence-electron chi connectivity index (χ4n) is 2.35. The Bertz CT molecular complexity index is 778. The Balaban J connectivity index is 1.77. The van der Waals surface area contributed by atoms with Gasteiger partial charge < -0.3 is 20.1 Å². The number of anilines is 2. The van der Waals surface area contributed by atoms with Crippen molar-refractivity contribution in [2.75, 3.05) is 36.4 Å². The van der Waals surface area contributed by atoms with E-state index in [0.717, 1.165) is 12.1 Å². The van der Waals surface area contributed by atoms with Crippen molar-refractivity contribution in [1.29, 1.82) is 0 Å². The second kappa shape index (κ2) is 10.5. The predicted molar refractivity (Wildman–Crippen MR) is 110 cm³/mol. The van der Waals surface area contributed by atoms with Crippen LogP contribution in [-0.4, -0.2) is 37.5 Å². The fourth-order valence-corrected chi connectivity index (χ4v) is 2.96. The molecule has 0 bridgehead atoms. The highest BCUT2D eigenvalue weighted by molar-refractivity contribution is 8.00. The number of carbonyl (C=O) groups excluding carboxylic acids is 2. The molecule has 0 unspecified atom stereocenters. The summed E-state index contributed by atoms with van der Waals surface area (Å²) in [6.45, 7) is 2.08. The van der Waals surface area contributed by atoms with Crippen molar-refractivity contribution in [3.8, 4) is 11.5 Å². The fraction of sp³-hybridized carbons (Fsp3) is 0.300. The van der Waals surface area contributed by atoms with E-state index in [1.807, 2.05) is 24.3 Å². The predicted octanol–water partition coefficient (Wildman–Crippen LogP) is 3.58. The summed E-state index contributed by atoms with van der Waals surface area (Å²) in [5.41, 5.74) is 2.53. The minimum atomic E-state index is -0.205. The Hall–Kier alpha value is -2.67. The molecule has 0 aliphatic rings. The zero-order valence-electron chi connectivity index (χ0n) is 15.7. The number of methoxy groups -OCH3 is 2. The topological polar surface area (TPSA) is 76.7 Å². The first-order chi connectivity index (χ1) is 13.0. The molecule has 2 rings (SSSR count). The molecule has 0 radical (unpaired) electrons. The van der Waals surface area contributed by atoms with Crippen molar-refractivity contribution in [1.82, 2.24) is 0 Å². The third kappa shape index (κ3) is 6.53. The van der Waals surface area contributed by atoms with Crippen molar-refractivity contribution in [3.05, 3.63) is 48.0 Å². The van der Waals surface area contributed by atoms with Crippen LogP contribution < -0.4 is 20.1 Å². The first kappa shape index (κ1) is 20.6. The summed E-state index contributed by atoms with van der Waals surface area (Å²) in [6, 6.07) is 12.9. The van der Waals surface area contributed by atoms with E-state index in [2.05, 4.69) is 17.6 Å². The maximum Gasteiger partial charge on any atom is 0.234 e. The summed E-state index contributed by atoms with van der Waals surface area (Å²) in [7, 11) is 3.09. The number of ether oxygens (including phenoxy) is 2. The zero-order valence-corrected chi connectivity index (χ0v) is 16.5. The molecule has 2 amide bonds. The lowest BCUT2D eigenvalue weighted by Gasteiger charge is -2.11. The van der Waals surface area contributed by atoms with E-state index in [0.29, 0.717) is 17.2 Å². The number of rotatable bonds is 9. The Morgan fingerprint density at radius 2 is 1.59 bits per heavy atom. The summed E-state index contributed by atoms with van der Waals surface area (Å²) in [5.74, 6) is 1.17. The van der Waals surface area contributed by atoms with Crippen LogP contribution in [0.1, 0.15) is 12.5 Å². The van der Waals surface area contributed by atoms with Gasteiger partial charge in [0.2, 0.25) is 11.8 Å². The van der Waals surface area contributed by atoms with Crippen LogP contribution >= 0.6 is 11.8 Å². The lowest BCUT2D eigenvalue weighted by Crippen LogP contribution is -2.18. The van der Waals surface area contributed by atoms with Gasteiger partial charge in [-0.1, -0.05) is 19.1 Å². The van der Waals surface area contributed by atoms with Gasteiger partial charge in [0.1, 0.15) is 11.5 Å². The first-order valence-corrected chi connectivity index (χ1v) is 9.69. The number of amides is 2. The van der Waals surface area contributed by atoms with Gasteiger partial charge in [-0.2, -0.15) is 0 Å². The number of carbonyl (C=O) groups is 2. The van der Waals surface area contributed by atoms with Crippen LogP contribution in [0.25, 0.3) is 0 Å². The summed E-state index contributed by atoms with van der Waals surface area (Å²) in [5, 5.41) is 5.60. The van der Waals surface area contributed by atoms with Crippen LogP contribution in [0.2, 0.25) is 0 Å². The van der Waals surface area contributed by atoms with E-state index < -0.39 is 0 Å². The van der Waals surface area contributed by atoms with Gasteiger partial charge in [-0.05, 0) is 36.2 Å². The van der Waals surface area contributed by atoms with Gasteiger partial charge in [0, 0.05) is 11.8 Å². The van der Waals surface area contributed by atoms with Crippen LogP contribution in [0, 0.1) is 0 Å². The Morgan fingerprint density at radius 3 is 2.19 bits per heavy atom. The molecular weight excluding hydrogens is 364 g/mol. The van der Waals surface area contributed by atoms with Crippen LogP contribution in [0.15, 0.2) is 42.5 Å². The van der Waals surface area contributed by atoms with E-state index in [-0.39, 0.29) is 23.3 Å². The normalized spacial score (nSPS) is 10.2. The number of hydrogen-bond donors (Lipinski definition) is 2. The minimum absolute atomic E-state index is 0.140. The molecule has 2 aromatic carbocycles. The van der Waals surface area contributed by atoms with Crippen molar-refractivity contribution in [3.63, 3.8) is 0 Å². The molecule has 2 N–H and O–H groups in total. The number of thioether (sulfide) groups is 1. The summed E-state index contributed by atoms with van der Waals surface area (Å²) in [4.78, 5) is 24.1. The highest BCUT2D eigenvalue weighted by Gasteiger charge is 2.10. The lowest BCUT2D eigenvalue weighted by molar-refractivity contribution is -0.114. The lowest BCUT2D eigenvalue weighted by atomic mass is 10.1. The third-order valence-corrected chi connectivity index (χ3v) is 4.73. The van der Waals surface area contributed by atoms with Crippen molar-refractivity contribution in [2.24, 2.45) is 0 Å². The number of nitrogens with one attached hydrogen (secondary N) is 2. The summed E-state index contributed by atoms with van der Waals surface area (Å²) < 4.78 is 10.4. The smallest absolute Gasteiger partial charge is 0.234 e. The Morgan fingerprint density at radius 1 is 0.926 bits per heavy atom. The van der Waals surface area contributed by atoms with Gasteiger partial charge in [0.25, 0.3) is 0 Å². The summed E-state index contributed by atoms with van der Waals surface area (Å²) >= 11 is 1.25. The molecule has 0 saturated heterocycles. The average molecular weight is 388 g/mol. The molecular formula is C20H24N2O4S. The largest absolute Gasteiger partial charge is 0.497 e. The molecule has 27 heavy (non-hydrogen) atoms. The molecule has 0 heterocycles. The highest BCUT2D eigenvalue weighted by atomic mass is 32.2. The van der Waals surface area contributed by atoms with Gasteiger partial charge in [0.15, 0.2) is 0 Å². The number of benzene rings is 2. The van der Waals surface area contributed by atoms with E-state index in [1.54, 1.807) is 25.3 Å². The highest BCUT2D eigenvalue weighted by Crippen LogP contribution is 2.29. The minimum Gasteiger partial charge on any atom is -0.497 e. The number of hydrogen-bond acceptors (Lipinski definition) is 5. The zero-order chi connectivity index (χ0) is 19.6. The van der Waals surface area contributed by atoms with Crippen LogP contribution in [0.3, 0.4) is 0 Å². The molecule has 0 aromatic heterocycles. The van der Waals surface area contributed by atoms with Crippen molar-refractivity contribution in [2.45, 2.75) is 13.3 Å². The van der Waals surface area contributed by atoms with Gasteiger partial charge in [-0.3, -0.25) is 9.59 Å². The third-order valence-electron chi connectivity index (χ3n) is 3.80. The van der Waals surface area contributed by atoms with E-state index >= 15 is 0 Å². The average Bonchev–Trinajstić information content (AvgIpc) is 2.68. The molecule has 0 fully saturated rings. The number of aryl methyl sites for hydroxylation is 1. The molecule has 7 heteroatoms. The standard InChI is InChI=1S/C20H24N2O4S/c1-4-14-5-7-15(8-6-14)21-19(23)12-27-13-20(24)22-17-10-9-16(25-2)11-18(17)26-3/h5-11H,4,12-13H2,1-3H3,(H,21,23)(H,22,24). The SMILES string of the molecule is CCc1ccc(NC(=O)CSCC(=O)Nc2ccc(OC)cc2OC)cc1. The van der Waals surface area contributed by atoms with Crippen LogP contribution in [-0.2, 0) is 16.0 Å². The second-order valence-electron chi connectivity index (χ2n) is 5.71. The van der Waals surface area contributed by atoms with Crippen LogP contribution in [0.4, 0.5) is 11.4 Å². The molecule has 0 aliphatic carbocycles. The molecule has 6 nitrogen and oxygen atoms in total. The Labute approximate surface area is 163 Å². The van der Waals surface area contributed by atoms with Gasteiger partial charge in [-0.15, -0.1) is 11.8 Å². The van der Waals surface area contributed by atoms with Gasteiger partial charge in [-0.25, -0.2) is 0 Å². The molecule has 144 valence electrons. The quantitative estimate of drug-likeness (QED) is 0.687. The first-order valence-electron chi connectivity index (χ1n) is 8.54.